The van der Waals surface area contributed by atoms with Crippen molar-refractivity contribution in [2.24, 2.45) is 5.92 Å². The first-order valence-corrected chi connectivity index (χ1v) is 5.43. The van der Waals surface area contributed by atoms with Crippen LogP contribution in [-0.2, 0) is 4.79 Å². The lowest BCUT2D eigenvalue weighted by Gasteiger charge is -2.16. The summed E-state index contributed by atoms with van der Waals surface area (Å²) >= 11 is 0. The van der Waals surface area contributed by atoms with Crippen molar-refractivity contribution in [1.82, 2.24) is 0 Å². The van der Waals surface area contributed by atoms with Gasteiger partial charge in [0.05, 0.1) is 17.7 Å². The molecule has 0 heterocycles. The van der Waals surface area contributed by atoms with Crippen LogP contribution in [0.5, 0.6) is 0 Å². The zero-order valence-electron chi connectivity index (χ0n) is 8.89. The Morgan fingerprint density at radius 2 is 2.06 bits per heavy atom. The fourth-order valence-corrected chi connectivity index (χ4v) is 2.16. The van der Waals surface area contributed by atoms with Crippen LogP contribution in [0.3, 0.4) is 0 Å². The molecule has 0 saturated heterocycles. The fraction of sp³-hybridized carbons (Fsp3) is 0.385. The minimum atomic E-state index is -0.720. The van der Waals surface area contributed by atoms with E-state index in [1.807, 2.05) is 6.07 Å². The molecule has 1 aromatic carbocycles. The van der Waals surface area contributed by atoms with Gasteiger partial charge in [-0.3, -0.25) is 4.79 Å². The molecule has 2 atom stereocenters. The molecular formula is C13H13NO2. The number of ketones is 1. The Hall–Kier alpha value is -1.66. The number of hydrogen-bond donors (Lipinski definition) is 1. The topological polar surface area (TPSA) is 61.1 Å². The zero-order valence-corrected chi connectivity index (χ0v) is 8.89. The standard InChI is InChI=1S/C13H13NO2/c14-8-9-4-6-10(7-5-9)13(16)11-2-1-3-12(11)15/h4-7,11,13,16H,1-3H2/t11-,13+/m1/s1. The van der Waals surface area contributed by atoms with Crippen LogP contribution in [0.1, 0.15) is 36.5 Å². The Labute approximate surface area is 94.3 Å². The van der Waals surface area contributed by atoms with Gasteiger partial charge < -0.3 is 5.11 Å². The molecule has 2 rings (SSSR count). The lowest BCUT2D eigenvalue weighted by Crippen LogP contribution is -2.16. The summed E-state index contributed by atoms with van der Waals surface area (Å²) in [6.07, 6.45) is 1.50. The molecule has 3 nitrogen and oxygen atoms in total. The maximum absolute atomic E-state index is 11.5. The van der Waals surface area contributed by atoms with E-state index in [0.29, 0.717) is 12.0 Å². The molecule has 0 bridgehead atoms. The predicted molar refractivity (Wildman–Crippen MR) is 58.5 cm³/mol. The number of rotatable bonds is 2. The second-order valence-electron chi connectivity index (χ2n) is 4.14. The van der Waals surface area contributed by atoms with Crippen LogP contribution in [0.25, 0.3) is 0 Å². The van der Waals surface area contributed by atoms with Crippen LogP contribution in [0.2, 0.25) is 0 Å². The Bertz CT molecular complexity index is 430. The maximum Gasteiger partial charge on any atom is 0.138 e. The normalized spacial score (nSPS) is 21.8. The average molecular weight is 215 g/mol. The zero-order chi connectivity index (χ0) is 11.5. The van der Waals surface area contributed by atoms with E-state index in [1.54, 1.807) is 24.3 Å². The van der Waals surface area contributed by atoms with Gasteiger partial charge >= 0.3 is 0 Å². The molecule has 1 aliphatic carbocycles. The molecule has 0 radical (unpaired) electrons. The second kappa shape index (κ2) is 4.46. The highest BCUT2D eigenvalue weighted by atomic mass is 16.3. The molecule has 0 unspecified atom stereocenters. The molecule has 16 heavy (non-hydrogen) atoms. The van der Waals surface area contributed by atoms with Crippen molar-refractivity contribution >= 4 is 5.78 Å². The summed E-state index contributed by atoms with van der Waals surface area (Å²) in [6, 6.07) is 8.79. The van der Waals surface area contributed by atoms with Crippen molar-refractivity contribution in [3.63, 3.8) is 0 Å². The summed E-state index contributed by atoms with van der Waals surface area (Å²) in [7, 11) is 0. The molecule has 3 heteroatoms. The van der Waals surface area contributed by atoms with Crippen molar-refractivity contribution in [3.05, 3.63) is 35.4 Å². The van der Waals surface area contributed by atoms with E-state index in [1.165, 1.54) is 0 Å². The van der Waals surface area contributed by atoms with Gasteiger partial charge in [-0.1, -0.05) is 12.1 Å². The van der Waals surface area contributed by atoms with Crippen LogP contribution in [0.4, 0.5) is 0 Å². The summed E-state index contributed by atoms with van der Waals surface area (Å²) < 4.78 is 0. The molecular weight excluding hydrogens is 202 g/mol. The van der Waals surface area contributed by atoms with Gasteiger partial charge in [0.1, 0.15) is 5.78 Å². The van der Waals surface area contributed by atoms with Crippen molar-refractivity contribution in [1.29, 1.82) is 5.26 Å². The minimum Gasteiger partial charge on any atom is -0.388 e. The van der Waals surface area contributed by atoms with Gasteiger partial charge in [-0.2, -0.15) is 5.26 Å². The number of benzene rings is 1. The lowest BCUT2D eigenvalue weighted by atomic mass is 9.93. The van der Waals surface area contributed by atoms with Gasteiger partial charge in [-0.05, 0) is 30.5 Å². The average Bonchev–Trinajstić information content (AvgIpc) is 2.75. The van der Waals surface area contributed by atoms with Gasteiger partial charge in [0.15, 0.2) is 0 Å². The smallest absolute Gasteiger partial charge is 0.138 e. The van der Waals surface area contributed by atoms with Gasteiger partial charge in [0, 0.05) is 12.3 Å². The van der Waals surface area contributed by atoms with E-state index in [9.17, 15) is 9.90 Å². The molecule has 1 fully saturated rings. The van der Waals surface area contributed by atoms with E-state index in [-0.39, 0.29) is 11.7 Å². The van der Waals surface area contributed by atoms with Gasteiger partial charge in [-0.25, -0.2) is 0 Å². The van der Waals surface area contributed by atoms with Crippen molar-refractivity contribution in [2.45, 2.75) is 25.4 Å². The summed E-state index contributed by atoms with van der Waals surface area (Å²) in [6.45, 7) is 0. The Morgan fingerprint density at radius 3 is 2.56 bits per heavy atom. The van der Waals surface area contributed by atoms with E-state index in [4.69, 9.17) is 5.26 Å². The first-order valence-electron chi connectivity index (χ1n) is 5.43. The number of nitrogens with zero attached hydrogens (tertiary/aromatic N) is 1. The SMILES string of the molecule is N#Cc1ccc([C@H](O)[C@@H]2CCCC2=O)cc1. The fourth-order valence-electron chi connectivity index (χ4n) is 2.16. The molecule has 1 N–H and O–H groups in total. The molecule has 0 aliphatic heterocycles. The number of Topliss-reactive ketones (excluding diaryl/α,β-unsaturated/α-hetero) is 1. The largest absolute Gasteiger partial charge is 0.388 e. The first kappa shape index (κ1) is 10.8. The first-order chi connectivity index (χ1) is 7.72. The second-order valence-corrected chi connectivity index (χ2v) is 4.14. The quantitative estimate of drug-likeness (QED) is 0.820. The molecule has 1 aromatic rings. The van der Waals surface area contributed by atoms with Gasteiger partial charge in [0.2, 0.25) is 0 Å². The van der Waals surface area contributed by atoms with Crippen LogP contribution < -0.4 is 0 Å². The highest BCUT2D eigenvalue weighted by Crippen LogP contribution is 2.33. The maximum atomic E-state index is 11.5. The molecule has 82 valence electrons. The third-order valence-electron chi connectivity index (χ3n) is 3.11. The molecule has 1 saturated carbocycles. The number of aliphatic hydroxyl groups is 1. The highest BCUT2D eigenvalue weighted by molar-refractivity contribution is 5.83. The summed E-state index contributed by atoms with van der Waals surface area (Å²) in [5.74, 6) is -0.107. The third-order valence-corrected chi connectivity index (χ3v) is 3.11. The van der Waals surface area contributed by atoms with Crippen LogP contribution in [0, 0.1) is 17.2 Å². The van der Waals surface area contributed by atoms with E-state index in [2.05, 4.69) is 0 Å². The Morgan fingerprint density at radius 1 is 1.38 bits per heavy atom. The van der Waals surface area contributed by atoms with E-state index < -0.39 is 6.10 Å². The number of hydrogen-bond acceptors (Lipinski definition) is 3. The summed E-state index contributed by atoms with van der Waals surface area (Å²) in [4.78, 5) is 11.5. The Balaban J connectivity index is 2.17. The lowest BCUT2D eigenvalue weighted by molar-refractivity contribution is -0.123. The molecule has 0 aromatic heterocycles. The summed E-state index contributed by atoms with van der Waals surface area (Å²) in [5.41, 5.74) is 1.29. The van der Waals surface area contributed by atoms with Crippen molar-refractivity contribution < 1.29 is 9.90 Å². The highest BCUT2D eigenvalue weighted by Gasteiger charge is 2.31. The van der Waals surface area contributed by atoms with Crippen LogP contribution in [-0.4, -0.2) is 10.9 Å². The van der Waals surface area contributed by atoms with E-state index >= 15 is 0 Å². The molecule has 1 aliphatic rings. The minimum absolute atomic E-state index is 0.150. The Kier molecular flexibility index (Phi) is 3.02. The predicted octanol–water partition coefficient (Wildman–Crippen LogP) is 1.96. The van der Waals surface area contributed by atoms with Gasteiger partial charge in [0.25, 0.3) is 0 Å². The van der Waals surface area contributed by atoms with Crippen LogP contribution >= 0.6 is 0 Å². The number of nitriles is 1. The van der Waals surface area contributed by atoms with E-state index in [0.717, 1.165) is 18.4 Å². The van der Waals surface area contributed by atoms with Crippen LogP contribution in [0.15, 0.2) is 24.3 Å². The van der Waals surface area contributed by atoms with Gasteiger partial charge in [-0.15, -0.1) is 0 Å². The summed E-state index contributed by atoms with van der Waals surface area (Å²) in [5, 5.41) is 18.7. The monoisotopic (exact) mass is 215 g/mol. The van der Waals surface area contributed by atoms with Crippen molar-refractivity contribution in [2.75, 3.05) is 0 Å². The molecule has 0 amide bonds. The molecule has 0 spiro atoms. The third kappa shape index (κ3) is 1.98. The number of carbonyl (C=O) groups is 1. The number of carbonyl (C=O) groups excluding carboxylic acids is 1. The van der Waals surface area contributed by atoms with Crippen molar-refractivity contribution in [3.8, 4) is 6.07 Å². The number of aliphatic hydroxyl groups excluding tert-OH is 1.